The second-order valence-corrected chi connectivity index (χ2v) is 10.3. The van der Waals surface area contributed by atoms with E-state index < -0.39 is 7.82 Å². The molecule has 30 heavy (non-hydrogen) atoms. The van der Waals surface area contributed by atoms with Crippen molar-refractivity contribution in [2.24, 2.45) is 11.3 Å². The van der Waals surface area contributed by atoms with Crippen LogP contribution in [-0.4, -0.2) is 16.4 Å². The predicted molar refractivity (Wildman–Crippen MR) is 124 cm³/mol. The first-order valence-corrected chi connectivity index (χ1v) is 13.6. The van der Waals surface area contributed by atoms with Crippen LogP contribution >= 0.6 is 7.82 Å². The topological polar surface area (TPSA) is 76.0 Å². The SMILES string of the molecule is CC1C=CC=CC1(C)CCCCCCCCCCCCCCCCOOP(=O)(O)O. The van der Waals surface area contributed by atoms with Gasteiger partial charge in [-0.15, -0.1) is 4.67 Å². The van der Waals surface area contributed by atoms with Gasteiger partial charge in [0.2, 0.25) is 0 Å². The molecule has 0 aliphatic heterocycles. The fourth-order valence-electron chi connectivity index (χ4n) is 4.08. The smallest absolute Gasteiger partial charge is 0.301 e. The van der Waals surface area contributed by atoms with Crippen molar-refractivity contribution in [3.05, 3.63) is 24.3 Å². The van der Waals surface area contributed by atoms with E-state index in [2.05, 4.69) is 47.7 Å². The van der Waals surface area contributed by atoms with Gasteiger partial charge < -0.3 is 9.79 Å². The maximum Gasteiger partial charge on any atom is 0.496 e. The Hall–Kier alpha value is -0.450. The van der Waals surface area contributed by atoms with Crippen LogP contribution in [0.2, 0.25) is 0 Å². The summed E-state index contributed by atoms with van der Waals surface area (Å²) in [5.41, 5.74) is 0.364. The van der Waals surface area contributed by atoms with E-state index in [0.717, 1.165) is 19.3 Å². The Morgan fingerprint density at radius 3 is 1.73 bits per heavy atom. The Labute approximate surface area is 184 Å². The molecule has 5 nitrogen and oxygen atoms in total. The molecular formula is C24H45O5P. The lowest BCUT2D eigenvalue weighted by Crippen LogP contribution is -2.23. The molecule has 1 aliphatic rings. The second kappa shape index (κ2) is 16.2. The van der Waals surface area contributed by atoms with Gasteiger partial charge in [0.1, 0.15) is 0 Å². The maximum atomic E-state index is 10.4. The van der Waals surface area contributed by atoms with Crippen molar-refractivity contribution in [2.45, 2.75) is 110 Å². The molecule has 0 heterocycles. The average Bonchev–Trinajstić information content (AvgIpc) is 2.68. The molecule has 0 amide bonds. The van der Waals surface area contributed by atoms with Gasteiger partial charge in [0.05, 0.1) is 6.61 Å². The molecular weight excluding hydrogens is 399 g/mol. The molecule has 0 aromatic heterocycles. The summed E-state index contributed by atoms with van der Waals surface area (Å²) in [7, 11) is -4.49. The zero-order valence-electron chi connectivity index (χ0n) is 19.3. The minimum absolute atomic E-state index is 0.234. The van der Waals surface area contributed by atoms with Crippen molar-refractivity contribution in [1.29, 1.82) is 0 Å². The molecule has 1 rings (SSSR count). The quantitative estimate of drug-likeness (QED) is 0.0926. The van der Waals surface area contributed by atoms with Crippen molar-refractivity contribution in [1.82, 2.24) is 0 Å². The van der Waals surface area contributed by atoms with Crippen LogP contribution in [0.4, 0.5) is 0 Å². The van der Waals surface area contributed by atoms with Crippen LogP contribution in [0, 0.1) is 11.3 Å². The summed E-state index contributed by atoms with van der Waals surface area (Å²) in [5, 5.41) is 0. The highest BCUT2D eigenvalue weighted by molar-refractivity contribution is 7.46. The molecule has 2 N–H and O–H groups in total. The first-order chi connectivity index (χ1) is 14.3. The van der Waals surface area contributed by atoms with Gasteiger partial charge in [0.25, 0.3) is 0 Å². The molecule has 0 aromatic carbocycles. The summed E-state index contributed by atoms with van der Waals surface area (Å²) in [6, 6.07) is 0. The highest BCUT2D eigenvalue weighted by atomic mass is 31.2. The van der Waals surface area contributed by atoms with E-state index >= 15 is 0 Å². The van der Waals surface area contributed by atoms with E-state index in [1.807, 2.05) is 0 Å². The first-order valence-electron chi connectivity index (χ1n) is 12.1. The Kier molecular flexibility index (Phi) is 14.9. The monoisotopic (exact) mass is 444 g/mol. The van der Waals surface area contributed by atoms with Gasteiger partial charge in [-0.2, -0.15) is 0 Å². The minimum atomic E-state index is -4.49. The summed E-state index contributed by atoms with van der Waals surface area (Å²) in [4.78, 5) is 21.4. The number of unbranched alkanes of at least 4 members (excludes halogenated alkanes) is 13. The maximum absolute atomic E-state index is 10.4. The highest BCUT2D eigenvalue weighted by Gasteiger charge is 2.27. The van der Waals surface area contributed by atoms with E-state index in [0.29, 0.717) is 11.3 Å². The third-order valence-electron chi connectivity index (χ3n) is 6.37. The number of rotatable bonds is 19. The van der Waals surface area contributed by atoms with Gasteiger partial charge in [0.15, 0.2) is 0 Å². The Bertz CT molecular complexity index is 528. The highest BCUT2D eigenvalue weighted by Crippen LogP contribution is 2.38. The van der Waals surface area contributed by atoms with Crippen LogP contribution in [-0.2, 0) is 14.1 Å². The fourth-order valence-corrected chi connectivity index (χ4v) is 4.29. The van der Waals surface area contributed by atoms with E-state index in [1.54, 1.807) is 0 Å². The average molecular weight is 445 g/mol. The lowest BCUT2D eigenvalue weighted by atomic mass is 9.72. The lowest BCUT2D eigenvalue weighted by molar-refractivity contribution is -0.222. The second-order valence-electron chi connectivity index (χ2n) is 9.13. The molecule has 1 aliphatic carbocycles. The third-order valence-corrected chi connectivity index (χ3v) is 6.67. The van der Waals surface area contributed by atoms with Crippen LogP contribution in [0.25, 0.3) is 0 Å². The molecule has 2 atom stereocenters. The van der Waals surface area contributed by atoms with Gasteiger partial charge in [0, 0.05) is 0 Å². The van der Waals surface area contributed by atoms with Gasteiger partial charge in [-0.1, -0.05) is 122 Å². The molecule has 6 heteroatoms. The van der Waals surface area contributed by atoms with Gasteiger partial charge in [-0.05, 0) is 24.2 Å². The molecule has 2 unspecified atom stereocenters. The van der Waals surface area contributed by atoms with E-state index in [9.17, 15) is 4.57 Å². The van der Waals surface area contributed by atoms with Crippen molar-refractivity contribution in [3.8, 4) is 0 Å². The predicted octanol–water partition coefficient (Wildman–Crippen LogP) is 7.65. The summed E-state index contributed by atoms with van der Waals surface area (Å²) in [5.74, 6) is 0.659. The molecule has 0 spiro atoms. The third kappa shape index (κ3) is 14.5. The minimum Gasteiger partial charge on any atom is -0.301 e. The zero-order valence-corrected chi connectivity index (χ0v) is 20.2. The van der Waals surface area contributed by atoms with E-state index in [4.69, 9.17) is 9.79 Å². The summed E-state index contributed by atoms with van der Waals surface area (Å²) < 4.78 is 14.4. The molecule has 0 fully saturated rings. The molecule has 176 valence electrons. The lowest BCUT2D eigenvalue weighted by Gasteiger charge is -2.33. The number of allylic oxidation sites excluding steroid dienone is 4. The Morgan fingerprint density at radius 2 is 1.27 bits per heavy atom. The van der Waals surface area contributed by atoms with Crippen molar-refractivity contribution in [2.75, 3.05) is 6.61 Å². The van der Waals surface area contributed by atoms with E-state index in [-0.39, 0.29) is 6.61 Å². The fraction of sp³-hybridized carbons (Fsp3) is 0.833. The molecule has 0 saturated carbocycles. The van der Waals surface area contributed by atoms with Crippen LogP contribution in [0.3, 0.4) is 0 Å². The molecule has 0 bridgehead atoms. The summed E-state index contributed by atoms with van der Waals surface area (Å²) in [6.07, 6.45) is 28.1. The normalized spacial score (nSPS) is 21.4. The molecule has 0 saturated heterocycles. The molecule has 0 aromatic rings. The summed E-state index contributed by atoms with van der Waals surface area (Å²) >= 11 is 0. The number of hydrogen-bond acceptors (Lipinski definition) is 3. The molecule has 0 radical (unpaired) electrons. The van der Waals surface area contributed by atoms with Crippen molar-refractivity contribution in [3.63, 3.8) is 0 Å². The number of hydrogen-bond donors (Lipinski definition) is 2. The number of phosphoric acid groups is 1. The largest absolute Gasteiger partial charge is 0.496 e. The summed E-state index contributed by atoms with van der Waals surface area (Å²) in [6.45, 7) is 4.97. The Balaban J connectivity index is 1.76. The van der Waals surface area contributed by atoms with Gasteiger partial charge in [-0.25, -0.2) is 9.45 Å². The zero-order chi connectivity index (χ0) is 22.1. The van der Waals surface area contributed by atoms with Gasteiger partial charge in [-0.3, -0.25) is 0 Å². The van der Waals surface area contributed by atoms with Crippen LogP contribution in [0.1, 0.15) is 110 Å². The van der Waals surface area contributed by atoms with Crippen molar-refractivity contribution < 1.29 is 23.9 Å². The first kappa shape index (κ1) is 27.6. The Morgan fingerprint density at radius 1 is 0.800 bits per heavy atom. The van der Waals surface area contributed by atoms with Crippen LogP contribution < -0.4 is 0 Å². The van der Waals surface area contributed by atoms with Crippen LogP contribution in [0.15, 0.2) is 24.3 Å². The van der Waals surface area contributed by atoms with Gasteiger partial charge >= 0.3 is 7.82 Å². The standard InChI is InChI=1S/C24H45O5P/c1-23-19-15-17-21-24(23,2)20-16-13-11-9-7-5-3-4-6-8-10-12-14-18-22-28-29-30(25,26)27/h15,17,19,21,23H,3-14,16,18,20,22H2,1-2H3,(H2,25,26,27). The van der Waals surface area contributed by atoms with Crippen LogP contribution in [0.5, 0.6) is 0 Å². The van der Waals surface area contributed by atoms with Crippen molar-refractivity contribution >= 4 is 7.82 Å². The van der Waals surface area contributed by atoms with E-state index in [1.165, 1.54) is 77.0 Å².